The van der Waals surface area contributed by atoms with Gasteiger partial charge in [-0.25, -0.2) is 0 Å². The third-order valence-corrected chi connectivity index (χ3v) is 1.88. The van der Waals surface area contributed by atoms with Gasteiger partial charge in [-0.05, 0) is 18.7 Å². The molecule has 0 aliphatic rings. The quantitative estimate of drug-likeness (QED) is 0.557. The molecule has 1 N–H and O–H groups in total. The van der Waals surface area contributed by atoms with Crippen LogP contribution in [0.5, 0.6) is 5.75 Å². The molecule has 88 valence electrons. The predicted molar refractivity (Wildman–Crippen MR) is 61.4 cm³/mol. The fourth-order valence-electron chi connectivity index (χ4n) is 1.11. The van der Waals surface area contributed by atoms with Crippen molar-refractivity contribution in [2.75, 3.05) is 26.3 Å². The Kier molecular flexibility index (Phi) is 6.03. The number of esters is 1. The lowest BCUT2D eigenvalue weighted by atomic mass is 10.3. The van der Waals surface area contributed by atoms with Crippen LogP contribution in [0.25, 0.3) is 0 Å². The van der Waals surface area contributed by atoms with E-state index < -0.39 is 0 Å². The summed E-state index contributed by atoms with van der Waals surface area (Å²) in [6.45, 7) is 3.60. The minimum Gasteiger partial charge on any atom is -0.490 e. The molecular weight excluding hydrogens is 206 g/mol. The maximum absolute atomic E-state index is 11.1. The predicted octanol–water partition coefficient (Wildman–Crippen LogP) is 1.22. The molecule has 1 aromatic rings. The Morgan fingerprint density at radius 1 is 1.25 bits per heavy atom. The van der Waals surface area contributed by atoms with E-state index in [1.54, 1.807) is 0 Å². The number of carbonyl (C=O) groups excluding carboxylic acids is 1. The molecule has 0 heterocycles. The van der Waals surface area contributed by atoms with E-state index in [9.17, 15) is 4.79 Å². The highest BCUT2D eigenvalue weighted by molar-refractivity contribution is 5.71. The number of ether oxygens (including phenoxy) is 2. The van der Waals surface area contributed by atoms with Crippen molar-refractivity contribution in [1.82, 2.24) is 5.32 Å². The second kappa shape index (κ2) is 7.70. The summed E-state index contributed by atoms with van der Waals surface area (Å²) in [5.41, 5.74) is 0. The van der Waals surface area contributed by atoms with Gasteiger partial charge in [0.25, 0.3) is 0 Å². The maximum Gasteiger partial charge on any atom is 0.320 e. The third kappa shape index (κ3) is 5.36. The highest BCUT2D eigenvalue weighted by Gasteiger charge is 2.00. The van der Waals surface area contributed by atoms with Crippen LogP contribution in [-0.2, 0) is 9.53 Å². The average Bonchev–Trinajstić information content (AvgIpc) is 2.33. The first kappa shape index (κ1) is 12.5. The molecule has 1 rings (SSSR count). The maximum atomic E-state index is 11.1. The van der Waals surface area contributed by atoms with Crippen LogP contribution >= 0.6 is 0 Å². The van der Waals surface area contributed by atoms with E-state index >= 15 is 0 Å². The van der Waals surface area contributed by atoms with E-state index in [-0.39, 0.29) is 19.1 Å². The van der Waals surface area contributed by atoms with Crippen LogP contribution in [0.3, 0.4) is 0 Å². The topological polar surface area (TPSA) is 47.6 Å². The number of nitrogens with one attached hydrogen (secondary N) is 1. The van der Waals surface area contributed by atoms with Gasteiger partial charge >= 0.3 is 5.97 Å². The number of benzene rings is 1. The first-order chi connectivity index (χ1) is 7.83. The molecular formula is C12H17NO3. The molecule has 16 heavy (non-hydrogen) atoms. The molecule has 0 aromatic heterocycles. The van der Waals surface area contributed by atoms with Crippen molar-refractivity contribution in [1.29, 1.82) is 0 Å². The lowest BCUT2D eigenvalue weighted by Crippen LogP contribution is -2.25. The van der Waals surface area contributed by atoms with Crippen LogP contribution < -0.4 is 10.1 Å². The van der Waals surface area contributed by atoms with Crippen molar-refractivity contribution in [3.8, 4) is 5.75 Å². The number of carbonyl (C=O) groups is 1. The van der Waals surface area contributed by atoms with Crippen molar-refractivity contribution in [2.45, 2.75) is 6.92 Å². The molecule has 4 nitrogen and oxygen atoms in total. The van der Waals surface area contributed by atoms with E-state index in [0.717, 1.165) is 12.3 Å². The number of hydrogen-bond donors (Lipinski definition) is 1. The summed E-state index contributed by atoms with van der Waals surface area (Å²) in [7, 11) is 0. The van der Waals surface area contributed by atoms with Crippen LogP contribution in [0.4, 0.5) is 0 Å². The lowest BCUT2D eigenvalue weighted by molar-refractivity contribution is -0.143. The molecule has 0 fully saturated rings. The average molecular weight is 223 g/mol. The minimum absolute atomic E-state index is 0.251. The Bertz CT molecular complexity index is 300. The molecule has 0 amide bonds. The van der Waals surface area contributed by atoms with E-state index in [1.165, 1.54) is 0 Å². The Morgan fingerprint density at radius 3 is 2.69 bits per heavy atom. The molecule has 0 aliphatic heterocycles. The second-order valence-electron chi connectivity index (χ2n) is 3.16. The summed E-state index contributed by atoms with van der Waals surface area (Å²) < 4.78 is 10.3. The Labute approximate surface area is 95.6 Å². The molecule has 0 aliphatic carbocycles. The fourth-order valence-corrected chi connectivity index (χ4v) is 1.11. The zero-order chi connectivity index (χ0) is 11.6. The van der Waals surface area contributed by atoms with E-state index in [4.69, 9.17) is 9.47 Å². The van der Waals surface area contributed by atoms with Crippen LogP contribution in [0.2, 0.25) is 0 Å². The number of para-hydroxylation sites is 1. The molecule has 4 heteroatoms. The third-order valence-electron chi connectivity index (χ3n) is 1.88. The molecule has 0 unspecified atom stereocenters. The monoisotopic (exact) mass is 223 g/mol. The summed E-state index contributed by atoms with van der Waals surface area (Å²) in [5.74, 6) is 0.531. The van der Waals surface area contributed by atoms with Gasteiger partial charge in [0.1, 0.15) is 19.0 Å². The normalized spacial score (nSPS) is 9.81. The molecule has 0 spiro atoms. The summed E-state index contributed by atoms with van der Waals surface area (Å²) in [4.78, 5) is 11.1. The van der Waals surface area contributed by atoms with Gasteiger partial charge in [0.2, 0.25) is 0 Å². The standard InChI is InChI=1S/C12H17NO3/c1-2-13-10-12(14)16-9-8-15-11-6-4-3-5-7-11/h3-7,13H,2,8-10H2,1H3. The fraction of sp³-hybridized carbons (Fsp3) is 0.417. The van der Waals surface area contributed by atoms with Gasteiger partial charge in [-0.2, -0.15) is 0 Å². The Hall–Kier alpha value is -1.55. The molecule has 0 saturated carbocycles. The smallest absolute Gasteiger partial charge is 0.320 e. The van der Waals surface area contributed by atoms with Gasteiger partial charge in [0.15, 0.2) is 0 Å². The zero-order valence-corrected chi connectivity index (χ0v) is 9.44. The highest BCUT2D eigenvalue weighted by atomic mass is 16.6. The van der Waals surface area contributed by atoms with Crippen LogP contribution in [0.15, 0.2) is 30.3 Å². The highest BCUT2D eigenvalue weighted by Crippen LogP contribution is 2.07. The van der Waals surface area contributed by atoms with Gasteiger partial charge in [0.05, 0.1) is 6.54 Å². The SMILES string of the molecule is CCNCC(=O)OCCOc1ccccc1. The van der Waals surface area contributed by atoms with Crippen LogP contribution in [-0.4, -0.2) is 32.3 Å². The van der Waals surface area contributed by atoms with Crippen LogP contribution in [0.1, 0.15) is 6.92 Å². The summed E-state index contributed by atoms with van der Waals surface area (Å²) in [6, 6.07) is 9.43. The number of likely N-dealkylation sites (N-methyl/N-ethyl adjacent to an activating group) is 1. The van der Waals surface area contributed by atoms with Gasteiger partial charge in [-0.1, -0.05) is 25.1 Å². The van der Waals surface area contributed by atoms with Crippen molar-refractivity contribution in [3.63, 3.8) is 0 Å². The van der Waals surface area contributed by atoms with E-state index in [0.29, 0.717) is 6.61 Å². The number of rotatable bonds is 7. The van der Waals surface area contributed by atoms with Gasteiger partial charge in [-0.3, -0.25) is 4.79 Å². The number of hydrogen-bond acceptors (Lipinski definition) is 4. The van der Waals surface area contributed by atoms with E-state index in [1.807, 2.05) is 37.3 Å². The first-order valence-corrected chi connectivity index (χ1v) is 5.37. The summed E-state index contributed by atoms with van der Waals surface area (Å²) in [6.07, 6.45) is 0. The molecule has 0 radical (unpaired) electrons. The van der Waals surface area contributed by atoms with E-state index in [2.05, 4.69) is 5.32 Å². The lowest BCUT2D eigenvalue weighted by Gasteiger charge is -2.07. The minimum atomic E-state index is -0.251. The van der Waals surface area contributed by atoms with Crippen LogP contribution in [0, 0.1) is 0 Å². The Morgan fingerprint density at radius 2 is 2.00 bits per heavy atom. The van der Waals surface area contributed by atoms with Crippen molar-refractivity contribution in [3.05, 3.63) is 30.3 Å². The summed E-state index contributed by atoms with van der Waals surface area (Å²) in [5, 5.41) is 2.89. The van der Waals surface area contributed by atoms with Gasteiger partial charge < -0.3 is 14.8 Å². The zero-order valence-electron chi connectivity index (χ0n) is 9.44. The largest absolute Gasteiger partial charge is 0.490 e. The van der Waals surface area contributed by atoms with Crippen molar-refractivity contribution >= 4 is 5.97 Å². The van der Waals surface area contributed by atoms with Crippen molar-refractivity contribution < 1.29 is 14.3 Å². The van der Waals surface area contributed by atoms with Gasteiger partial charge in [0, 0.05) is 0 Å². The summed E-state index contributed by atoms with van der Waals surface area (Å²) >= 11 is 0. The first-order valence-electron chi connectivity index (χ1n) is 5.37. The van der Waals surface area contributed by atoms with Gasteiger partial charge in [-0.15, -0.1) is 0 Å². The van der Waals surface area contributed by atoms with Crippen molar-refractivity contribution in [2.24, 2.45) is 0 Å². The molecule has 1 aromatic carbocycles. The second-order valence-corrected chi connectivity index (χ2v) is 3.16. The molecule has 0 saturated heterocycles. The molecule has 0 atom stereocenters. The molecule has 0 bridgehead atoms. The Balaban J connectivity index is 2.06.